The Bertz CT molecular complexity index is 1200. The second kappa shape index (κ2) is 10.1. The van der Waals surface area contributed by atoms with Crippen LogP contribution in [0.25, 0.3) is 11.3 Å². The zero-order valence-corrected chi connectivity index (χ0v) is 18.1. The summed E-state index contributed by atoms with van der Waals surface area (Å²) in [6.07, 6.45) is 0. The molecule has 1 N–H and O–H groups in total. The molecule has 0 atom stereocenters. The highest BCUT2D eigenvalue weighted by Crippen LogP contribution is 2.24. The van der Waals surface area contributed by atoms with E-state index in [4.69, 9.17) is 4.74 Å². The summed E-state index contributed by atoms with van der Waals surface area (Å²) >= 11 is 1.54. The highest BCUT2D eigenvalue weighted by atomic mass is 32.2. The largest absolute Gasteiger partial charge is 0.497 e. The van der Waals surface area contributed by atoms with Gasteiger partial charge in [0.25, 0.3) is 5.91 Å². The summed E-state index contributed by atoms with van der Waals surface area (Å²) in [5.74, 6) is 0.852. The van der Waals surface area contributed by atoms with Crippen LogP contribution in [-0.4, -0.2) is 23.2 Å². The van der Waals surface area contributed by atoms with Gasteiger partial charge in [-0.15, -0.1) is 10.2 Å². The van der Waals surface area contributed by atoms with E-state index in [1.54, 1.807) is 24.9 Å². The predicted octanol–water partition coefficient (Wildman–Crippen LogP) is 5.84. The third kappa shape index (κ3) is 5.50. The lowest BCUT2D eigenvalue weighted by Gasteiger charge is -2.07. The molecule has 1 heterocycles. The maximum Gasteiger partial charge on any atom is 0.255 e. The monoisotopic (exact) mass is 445 g/mol. The minimum atomic E-state index is -0.345. The number of halogens is 1. The van der Waals surface area contributed by atoms with Gasteiger partial charge < -0.3 is 10.1 Å². The number of hydrogen-bond donors (Lipinski definition) is 1. The highest BCUT2D eigenvalue weighted by Gasteiger charge is 2.08. The number of anilines is 1. The van der Waals surface area contributed by atoms with Crippen molar-refractivity contribution in [1.29, 1.82) is 0 Å². The van der Waals surface area contributed by atoms with Crippen LogP contribution < -0.4 is 10.1 Å². The van der Waals surface area contributed by atoms with Crippen molar-refractivity contribution in [2.45, 2.75) is 10.8 Å². The first-order chi connectivity index (χ1) is 15.6. The fourth-order valence-electron chi connectivity index (χ4n) is 3.01. The fraction of sp³-hybridized carbons (Fsp3) is 0.0800. The number of rotatable bonds is 7. The third-order valence-electron chi connectivity index (χ3n) is 4.70. The third-order valence-corrected chi connectivity index (χ3v) is 5.70. The summed E-state index contributed by atoms with van der Waals surface area (Å²) in [7, 11) is 1.63. The van der Waals surface area contributed by atoms with Gasteiger partial charge >= 0.3 is 0 Å². The Kier molecular flexibility index (Phi) is 6.77. The van der Waals surface area contributed by atoms with E-state index in [1.165, 1.54) is 24.3 Å². The van der Waals surface area contributed by atoms with Crippen LogP contribution in [0.4, 0.5) is 10.1 Å². The molecule has 4 aromatic rings. The molecule has 32 heavy (non-hydrogen) atoms. The van der Waals surface area contributed by atoms with E-state index in [-0.39, 0.29) is 11.7 Å². The van der Waals surface area contributed by atoms with Gasteiger partial charge in [0.2, 0.25) is 0 Å². The maximum absolute atomic E-state index is 13.0. The van der Waals surface area contributed by atoms with E-state index in [0.717, 1.165) is 27.6 Å². The minimum absolute atomic E-state index is 0.243. The molecule has 0 bridgehead atoms. The van der Waals surface area contributed by atoms with E-state index >= 15 is 0 Å². The Balaban J connectivity index is 1.37. The number of nitrogens with zero attached hydrogens (tertiary/aromatic N) is 2. The number of aromatic nitrogens is 2. The second-order valence-electron chi connectivity index (χ2n) is 6.94. The molecule has 0 spiro atoms. The van der Waals surface area contributed by atoms with Gasteiger partial charge in [0.05, 0.1) is 12.8 Å². The Morgan fingerprint density at radius 3 is 2.44 bits per heavy atom. The first-order valence-corrected chi connectivity index (χ1v) is 10.9. The summed E-state index contributed by atoms with van der Waals surface area (Å²) in [5, 5.41) is 12.2. The average Bonchev–Trinajstić information content (AvgIpc) is 2.85. The first kappa shape index (κ1) is 21.5. The number of methoxy groups -OCH3 is 1. The number of amides is 1. The normalized spacial score (nSPS) is 10.6. The molecule has 3 aromatic carbocycles. The SMILES string of the molecule is COc1ccc(-c2ccc(SCc3cccc(C(=O)Nc4ccc(F)cc4)c3)nn2)cc1. The quantitative estimate of drug-likeness (QED) is 0.362. The van der Waals surface area contributed by atoms with Crippen LogP contribution in [-0.2, 0) is 5.75 Å². The lowest BCUT2D eigenvalue weighted by molar-refractivity contribution is 0.102. The minimum Gasteiger partial charge on any atom is -0.497 e. The molecular formula is C25H20FN3O2S. The number of nitrogens with one attached hydrogen (secondary N) is 1. The van der Waals surface area contributed by atoms with Crippen molar-refractivity contribution in [3.05, 3.63) is 102 Å². The van der Waals surface area contributed by atoms with Crippen molar-refractivity contribution in [3.63, 3.8) is 0 Å². The van der Waals surface area contributed by atoms with Crippen molar-refractivity contribution in [3.8, 4) is 17.0 Å². The lowest BCUT2D eigenvalue weighted by Crippen LogP contribution is -2.12. The highest BCUT2D eigenvalue weighted by molar-refractivity contribution is 7.98. The predicted molar refractivity (Wildman–Crippen MR) is 124 cm³/mol. The molecule has 1 amide bonds. The van der Waals surface area contributed by atoms with E-state index < -0.39 is 0 Å². The van der Waals surface area contributed by atoms with Crippen LogP contribution in [0, 0.1) is 5.82 Å². The van der Waals surface area contributed by atoms with Crippen molar-refractivity contribution in [1.82, 2.24) is 10.2 Å². The zero-order chi connectivity index (χ0) is 22.3. The van der Waals surface area contributed by atoms with Crippen molar-refractivity contribution >= 4 is 23.4 Å². The van der Waals surface area contributed by atoms with E-state index in [1.807, 2.05) is 54.6 Å². The summed E-state index contributed by atoms with van der Waals surface area (Å²) < 4.78 is 18.2. The lowest BCUT2D eigenvalue weighted by atomic mass is 10.1. The van der Waals surface area contributed by atoms with Crippen LogP contribution in [0.5, 0.6) is 5.75 Å². The molecule has 0 unspecified atom stereocenters. The number of benzene rings is 3. The summed E-state index contributed by atoms with van der Waals surface area (Å²) in [5.41, 5.74) is 3.82. The molecule has 1 aromatic heterocycles. The van der Waals surface area contributed by atoms with Gasteiger partial charge in [-0.2, -0.15) is 0 Å². The fourth-order valence-corrected chi connectivity index (χ4v) is 3.77. The van der Waals surface area contributed by atoms with Crippen molar-refractivity contribution in [2.24, 2.45) is 0 Å². The molecule has 0 saturated heterocycles. The molecule has 0 aliphatic heterocycles. The van der Waals surface area contributed by atoms with Gasteiger partial charge in [0.15, 0.2) is 0 Å². The van der Waals surface area contributed by atoms with E-state index in [2.05, 4.69) is 15.5 Å². The Morgan fingerprint density at radius 1 is 0.969 bits per heavy atom. The van der Waals surface area contributed by atoms with Crippen molar-refractivity contribution in [2.75, 3.05) is 12.4 Å². The molecule has 0 saturated carbocycles. The molecule has 0 fully saturated rings. The first-order valence-electron chi connectivity index (χ1n) is 9.87. The zero-order valence-electron chi connectivity index (χ0n) is 17.3. The van der Waals surface area contributed by atoms with Crippen molar-refractivity contribution < 1.29 is 13.9 Å². The average molecular weight is 446 g/mol. The van der Waals surface area contributed by atoms with Crippen LogP contribution in [0.3, 0.4) is 0 Å². The van der Waals surface area contributed by atoms with Gasteiger partial charge in [0.1, 0.15) is 16.6 Å². The van der Waals surface area contributed by atoms with E-state index in [0.29, 0.717) is 17.0 Å². The summed E-state index contributed by atoms with van der Waals surface area (Å²) in [6.45, 7) is 0. The Labute approximate surface area is 189 Å². The van der Waals surface area contributed by atoms with Crippen LogP contribution in [0.2, 0.25) is 0 Å². The van der Waals surface area contributed by atoms with Crippen LogP contribution >= 0.6 is 11.8 Å². The molecule has 4 rings (SSSR count). The van der Waals surface area contributed by atoms with E-state index in [9.17, 15) is 9.18 Å². The number of ether oxygens (including phenoxy) is 1. The number of carbonyl (C=O) groups excluding carboxylic acids is 1. The summed E-state index contributed by atoms with van der Waals surface area (Å²) in [6, 6.07) is 24.6. The van der Waals surface area contributed by atoms with Gasteiger partial charge in [-0.1, -0.05) is 23.9 Å². The molecule has 0 aliphatic carbocycles. The Morgan fingerprint density at radius 2 is 1.75 bits per heavy atom. The molecule has 7 heteroatoms. The number of carbonyl (C=O) groups is 1. The maximum atomic E-state index is 13.0. The topological polar surface area (TPSA) is 64.1 Å². The second-order valence-corrected chi connectivity index (χ2v) is 7.93. The Hall–Kier alpha value is -3.71. The number of hydrogen-bond acceptors (Lipinski definition) is 5. The molecule has 0 aliphatic rings. The smallest absolute Gasteiger partial charge is 0.255 e. The van der Waals surface area contributed by atoms with Crippen LogP contribution in [0.1, 0.15) is 15.9 Å². The van der Waals surface area contributed by atoms with Gasteiger partial charge in [0, 0.05) is 22.6 Å². The molecule has 0 radical (unpaired) electrons. The van der Waals surface area contributed by atoms with Crippen LogP contribution in [0.15, 0.2) is 90.0 Å². The molecular weight excluding hydrogens is 425 g/mol. The van der Waals surface area contributed by atoms with Gasteiger partial charge in [-0.05, 0) is 78.4 Å². The summed E-state index contributed by atoms with van der Waals surface area (Å²) in [4.78, 5) is 12.5. The molecule has 160 valence electrons. The standard InChI is InChI=1S/C25H20FN3O2S/c1-31-22-11-5-18(6-12-22)23-13-14-24(29-28-23)32-16-17-3-2-4-19(15-17)25(30)27-21-9-7-20(26)8-10-21/h2-15H,16H2,1H3,(H,27,30). The van der Waals surface area contributed by atoms with Gasteiger partial charge in [-0.25, -0.2) is 4.39 Å². The van der Waals surface area contributed by atoms with Gasteiger partial charge in [-0.3, -0.25) is 4.79 Å². The number of thioether (sulfide) groups is 1. The molecule has 5 nitrogen and oxygen atoms in total.